The summed E-state index contributed by atoms with van der Waals surface area (Å²) in [6.07, 6.45) is 4.10. The van der Waals surface area contributed by atoms with Gasteiger partial charge in [-0.25, -0.2) is 0 Å². The van der Waals surface area contributed by atoms with Gasteiger partial charge in [0, 0.05) is 58.4 Å². The first-order valence-corrected chi connectivity index (χ1v) is 11.8. The van der Waals surface area contributed by atoms with Crippen molar-refractivity contribution >= 4 is 29.9 Å². The SMILES string of the molecule is CCNC(=NCCCN1CC(C)OC(C)C1)NC1CCN(Cc2ccccc2)CC1.I. The first-order chi connectivity index (χ1) is 14.6. The number of ether oxygens (including phenoxy) is 1. The van der Waals surface area contributed by atoms with Crippen molar-refractivity contribution < 1.29 is 4.74 Å². The lowest BCUT2D eigenvalue weighted by atomic mass is 10.0. The maximum atomic E-state index is 5.83. The molecule has 1 aromatic carbocycles. The van der Waals surface area contributed by atoms with Crippen LogP contribution >= 0.6 is 24.0 Å². The van der Waals surface area contributed by atoms with Gasteiger partial charge in [-0.1, -0.05) is 30.3 Å². The Morgan fingerprint density at radius 1 is 1.06 bits per heavy atom. The molecule has 31 heavy (non-hydrogen) atoms. The number of guanidine groups is 1. The summed E-state index contributed by atoms with van der Waals surface area (Å²) in [6.45, 7) is 14.7. The maximum Gasteiger partial charge on any atom is 0.191 e. The molecule has 2 N–H and O–H groups in total. The van der Waals surface area contributed by atoms with Crippen LogP contribution < -0.4 is 10.6 Å². The fourth-order valence-electron chi connectivity index (χ4n) is 4.54. The van der Waals surface area contributed by atoms with Gasteiger partial charge in [-0.05, 0) is 45.6 Å². The predicted molar refractivity (Wildman–Crippen MR) is 140 cm³/mol. The van der Waals surface area contributed by atoms with Crippen LogP contribution in [0.15, 0.2) is 35.3 Å². The molecule has 0 saturated carbocycles. The van der Waals surface area contributed by atoms with Crippen LogP contribution in [0.5, 0.6) is 0 Å². The molecule has 0 spiro atoms. The number of nitrogens with one attached hydrogen (secondary N) is 2. The highest BCUT2D eigenvalue weighted by molar-refractivity contribution is 14.0. The van der Waals surface area contributed by atoms with Crippen molar-refractivity contribution in [1.29, 1.82) is 0 Å². The van der Waals surface area contributed by atoms with E-state index in [1.165, 1.54) is 18.4 Å². The van der Waals surface area contributed by atoms with E-state index in [1.54, 1.807) is 0 Å². The van der Waals surface area contributed by atoms with Gasteiger partial charge >= 0.3 is 0 Å². The Bertz CT molecular complexity index is 626. The smallest absolute Gasteiger partial charge is 0.191 e. The van der Waals surface area contributed by atoms with E-state index < -0.39 is 0 Å². The standard InChI is InChI=1S/C24H41N5O.HI/c1-4-25-24(26-13-8-14-29-17-20(2)30-21(3)18-29)27-23-11-15-28(16-12-23)19-22-9-6-5-7-10-22;/h5-7,9-10,20-21,23H,4,8,11-19H2,1-3H3,(H2,25,26,27);1H. The number of rotatable bonds is 8. The Morgan fingerprint density at radius 3 is 2.39 bits per heavy atom. The van der Waals surface area contributed by atoms with E-state index in [0.717, 1.165) is 64.7 Å². The van der Waals surface area contributed by atoms with E-state index in [9.17, 15) is 0 Å². The summed E-state index contributed by atoms with van der Waals surface area (Å²) in [5, 5.41) is 7.10. The minimum Gasteiger partial charge on any atom is -0.373 e. The Hall–Kier alpha value is -0.900. The third-order valence-corrected chi connectivity index (χ3v) is 5.92. The van der Waals surface area contributed by atoms with Gasteiger partial charge in [0.25, 0.3) is 0 Å². The van der Waals surface area contributed by atoms with E-state index in [0.29, 0.717) is 18.2 Å². The Morgan fingerprint density at radius 2 is 1.74 bits per heavy atom. The van der Waals surface area contributed by atoms with Crippen LogP contribution in [-0.2, 0) is 11.3 Å². The number of hydrogen-bond donors (Lipinski definition) is 2. The maximum absolute atomic E-state index is 5.83. The topological polar surface area (TPSA) is 52.1 Å². The van der Waals surface area contributed by atoms with Crippen molar-refractivity contribution in [2.45, 2.75) is 64.8 Å². The lowest BCUT2D eigenvalue weighted by Gasteiger charge is -2.35. The zero-order chi connectivity index (χ0) is 21.2. The number of piperidine rings is 1. The average molecular weight is 544 g/mol. The molecule has 2 heterocycles. The third-order valence-electron chi connectivity index (χ3n) is 5.92. The fourth-order valence-corrected chi connectivity index (χ4v) is 4.54. The van der Waals surface area contributed by atoms with E-state index in [-0.39, 0.29) is 24.0 Å². The summed E-state index contributed by atoms with van der Waals surface area (Å²) in [5.74, 6) is 0.975. The zero-order valence-electron chi connectivity index (χ0n) is 19.6. The fraction of sp³-hybridized carbons (Fsp3) is 0.708. The molecule has 0 amide bonds. The van der Waals surface area contributed by atoms with Gasteiger partial charge in [-0.2, -0.15) is 0 Å². The zero-order valence-corrected chi connectivity index (χ0v) is 21.9. The van der Waals surface area contributed by atoms with Crippen LogP contribution in [-0.4, -0.2) is 79.8 Å². The second-order valence-corrected chi connectivity index (χ2v) is 8.81. The first-order valence-electron chi connectivity index (χ1n) is 11.8. The summed E-state index contributed by atoms with van der Waals surface area (Å²) in [7, 11) is 0. The number of morpholine rings is 1. The molecule has 2 aliphatic rings. The van der Waals surface area contributed by atoms with Gasteiger partial charge in [0.15, 0.2) is 5.96 Å². The van der Waals surface area contributed by atoms with Gasteiger partial charge in [0.1, 0.15) is 0 Å². The lowest BCUT2D eigenvalue weighted by molar-refractivity contribution is -0.0679. The van der Waals surface area contributed by atoms with Crippen molar-refractivity contribution in [3.63, 3.8) is 0 Å². The molecule has 2 saturated heterocycles. The minimum atomic E-state index is 0. The van der Waals surface area contributed by atoms with Crippen molar-refractivity contribution in [2.24, 2.45) is 4.99 Å². The highest BCUT2D eigenvalue weighted by Gasteiger charge is 2.22. The second-order valence-electron chi connectivity index (χ2n) is 8.81. The predicted octanol–water partition coefficient (Wildman–Crippen LogP) is 3.32. The number of hydrogen-bond acceptors (Lipinski definition) is 4. The first kappa shape index (κ1) is 26.4. The van der Waals surface area contributed by atoms with E-state index >= 15 is 0 Å². The quantitative estimate of drug-likeness (QED) is 0.228. The number of benzene rings is 1. The van der Waals surface area contributed by atoms with Crippen LogP contribution in [0, 0.1) is 0 Å². The van der Waals surface area contributed by atoms with Crippen molar-refractivity contribution in [3.05, 3.63) is 35.9 Å². The molecule has 7 heteroatoms. The van der Waals surface area contributed by atoms with Crippen molar-refractivity contribution in [2.75, 3.05) is 45.8 Å². The van der Waals surface area contributed by atoms with Gasteiger partial charge < -0.3 is 15.4 Å². The van der Waals surface area contributed by atoms with Crippen molar-refractivity contribution in [3.8, 4) is 0 Å². The Balaban J connectivity index is 0.00000341. The molecule has 0 bridgehead atoms. The Kier molecular flexibility index (Phi) is 12.1. The van der Waals surface area contributed by atoms with Gasteiger partial charge in [-0.15, -0.1) is 24.0 Å². The highest BCUT2D eigenvalue weighted by Crippen LogP contribution is 2.14. The molecule has 0 aromatic heterocycles. The largest absolute Gasteiger partial charge is 0.373 e. The number of aliphatic imine (C=N–C) groups is 1. The monoisotopic (exact) mass is 543 g/mol. The summed E-state index contributed by atoms with van der Waals surface area (Å²) in [6, 6.07) is 11.3. The van der Waals surface area contributed by atoms with Crippen LogP contribution in [0.2, 0.25) is 0 Å². The summed E-state index contributed by atoms with van der Waals surface area (Å²) in [4.78, 5) is 9.91. The van der Waals surface area contributed by atoms with E-state index in [2.05, 4.69) is 71.5 Å². The Labute approximate surface area is 206 Å². The van der Waals surface area contributed by atoms with Crippen molar-refractivity contribution in [1.82, 2.24) is 20.4 Å². The summed E-state index contributed by atoms with van der Waals surface area (Å²) < 4.78 is 5.83. The lowest BCUT2D eigenvalue weighted by Crippen LogP contribution is -2.48. The molecule has 0 aliphatic carbocycles. The average Bonchev–Trinajstić information content (AvgIpc) is 2.73. The van der Waals surface area contributed by atoms with Crippen LogP contribution in [0.1, 0.15) is 45.6 Å². The molecule has 2 atom stereocenters. The van der Waals surface area contributed by atoms with Gasteiger partial charge in [0.2, 0.25) is 0 Å². The summed E-state index contributed by atoms with van der Waals surface area (Å²) in [5.41, 5.74) is 1.41. The molecule has 2 aliphatic heterocycles. The van der Waals surface area contributed by atoms with Gasteiger partial charge in [-0.3, -0.25) is 14.8 Å². The van der Waals surface area contributed by atoms with E-state index in [4.69, 9.17) is 9.73 Å². The van der Waals surface area contributed by atoms with Crippen LogP contribution in [0.25, 0.3) is 0 Å². The molecule has 176 valence electrons. The summed E-state index contributed by atoms with van der Waals surface area (Å²) >= 11 is 0. The molecular formula is C24H42IN5O. The second kappa shape index (κ2) is 14.3. The third kappa shape index (κ3) is 9.63. The highest BCUT2D eigenvalue weighted by atomic mass is 127. The van der Waals surface area contributed by atoms with Gasteiger partial charge in [0.05, 0.1) is 12.2 Å². The molecule has 0 radical (unpaired) electrons. The van der Waals surface area contributed by atoms with Crippen LogP contribution in [0.4, 0.5) is 0 Å². The molecular weight excluding hydrogens is 501 g/mol. The minimum absolute atomic E-state index is 0. The molecule has 3 rings (SSSR count). The molecule has 1 aromatic rings. The molecule has 2 unspecified atom stereocenters. The number of likely N-dealkylation sites (tertiary alicyclic amines) is 1. The normalized spacial score (nSPS) is 23.9. The van der Waals surface area contributed by atoms with E-state index in [1.807, 2.05) is 0 Å². The molecule has 6 nitrogen and oxygen atoms in total. The number of halogens is 1. The molecule has 2 fully saturated rings. The van der Waals surface area contributed by atoms with Crippen LogP contribution in [0.3, 0.4) is 0 Å². The number of nitrogens with zero attached hydrogens (tertiary/aromatic N) is 3.